The second-order valence-electron chi connectivity index (χ2n) is 2.22. The number of hydrogen-bond donors (Lipinski definition) is 0. The first-order valence-electron chi connectivity index (χ1n) is 3.05. The number of oxime groups is 1. The Balaban J connectivity index is 4.27. The van der Waals surface area contributed by atoms with E-state index in [1.165, 1.54) is 7.11 Å². The molecule has 0 aliphatic heterocycles. The number of halogens is 1. The summed E-state index contributed by atoms with van der Waals surface area (Å²) in [6.45, 7) is 7.51. The lowest BCUT2D eigenvalue weighted by Gasteiger charge is -2.05. The molecule has 0 saturated heterocycles. The van der Waals surface area contributed by atoms with E-state index in [0.29, 0.717) is 10.7 Å². The second-order valence-corrected chi connectivity index (χ2v) is 2.67. The summed E-state index contributed by atoms with van der Waals surface area (Å²) in [7, 11) is 1.49. The SMILES string of the molecule is C=C(Cl)/C(=N/OC)C(C)C. The zero-order valence-corrected chi connectivity index (χ0v) is 7.27. The van der Waals surface area contributed by atoms with Crippen LogP contribution >= 0.6 is 11.6 Å². The minimum absolute atomic E-state index is 0.255. The Morgan fingerprint density at radius 3 is 2.20 bits per heavy atom. The highest BCUT2D eigenvalue weighted by atomic mass is 35.5. The van der Waals surface area contributed by atoms with Gasteiger partial charge in [-0.3, -0.25) is 0 Å². The Kier molecular flexibility index (Phi) is 4.12. The van der Waals surface area contributed by atoms with Crippen LogP contribution < -0.4 is 0 Å². The number of allylic oxidation sites excluding steroid dienone is 1. The monoisotopic (exact) mass is 161 g/mol. The molecule has 0 amide bonds. The fourth-order valence-corrected chi connectivity index (χ4v) is 0.819. The van der Waals surface area contributed by atoms with Crippen LogP contribution in [0.5, 0.6) is 0 Å². The molecule has 0 atom stereocenters. The maximum atomic E-state index is 5.61. The van der Waals surface area contributed by atoms with Gasteiger partial charge in [0.25, 0.3) is 0 Å². The van der Waals surface area contributed by atoms with Gasteiger partial charge in [-0.25, -0.2) is 0 Å². The van der Waals surface area contributed by atoms with Crippen molar-refractivity contribution >= 4 is 17.3 Å². The summed E-state index contributed by atoms with van der Waals surface area (Å²) in [5, 5.41) is 4.15. The van der Waals surface area contributed by atoms with Gasteiger partial charge in [0.2, 0.25) is 0 Å². The van der Waals surface area contributed by atoms with Gasteiger partial charge in [-0.1, -0.05) is 37.2 Å². The standard InChI is InChI=1S/C7H12ClNO/c1-5(2)7(6(3)8)9-10-4/h5H,3H2,1-2,4H3/b9-7+. The molecule has 0 aliphatic carbocycles. The van der Waals surface area contributed by atoms with Crippen molar-refractivity contribution in [3.63, 3.8) is 0 Å². The molecule has 0 radical (unpaired) electrons. The first-order chi connectivity index (χ1) is 4.59. The highest BCUT2D eigenvalue weighted by molar-refractivity contribution is 6.43. The molecule has 0 N–H and O–H groups in total. The van der Waals surface area contributed by atoms with Crippen LogP contribution in [0.3, 0.4) is 0 Å². The first kappa shape index (κ1) is 9.50. The Morgan fingerprint density at radius 2 is 2.10 bits per heavy atom. The Labute approximate surface area is 66.5 Å². The van der Waals surface area contributed by atoms with Crippen molar-refractivity contribution in [1.82, 2.24) is 0 Å². The van der Waals surface area contributed by atoms with Gasteiger partial charge in [-0.15, -0.1) is 0 Å². The zero-order chi connectivity index (χ0) is 8.15. The topological polar surface area (TPSA) is 21.6 Å². The van der Waals surface area contributed by atoms with Crippen LogP contribution in [0.2, 0.25) is 0 Å². The molecular weight excluding hydrogens is 150 g/mol. The average molecular weight is 162 g/mol. The predicted octanol–water partition coefficient (Wildman–Crippen LogP) is 2.40. The maximum Gasteiger partial charge on any atom is 0.106 e. The molecule has 0 bridgehead atoms. The van der Waals surface area contributed by atoms with E-state index in [-0.39, 0.29) is 5.92 Å². The van der Waals surface area contributed by atoms with E-state index in [2.05, 4.69) is 16.6 Å². The van der Waals surface area contributed by atoms with Crippen LogP contribution in [0.1, 0.15) is 13.8 Å². The molecule has 0 aromatic rings. The molecule has 3 heteroatoms. The Hall–Kier alpha value is -0.500. The van der Waals surface area contributed by atoms with Crippen molar-refractivity contribution in [3.05, 3.63) is 11.6 Å². The van der Waals surface area contributed by atoms with E-state index in [9.17, 15) is 0 Å². The van der Waals surface area contributed by atoms with Crippen LogP contribution in [-0.2, 0) is 4.84 Å². The van der Waals surface area contributed by atoms with Crippen LogP contribution in [0, 0.1) is 5.92 Å². The molecule has 58 valence electrons. The number of nitrogens with zero attached hydrogens (tertiary/aromatic N) is 1. The summed E-state index contributed by atoms with van der Waals surface area (Å²) in [5.41, 5.74) is 0.698. The molecule has 0 unspecified atom stereocenters. The molecule has 0 aromatic carbocycles. The summed E-state index contributed by atoms with van der Waals surface area (Å²) < 4.78 is 0. The molecule has 0 heterocycles. The van der Waals surface area contributed by atoms with E-state index >= 15 is 0 Å². The molecule has 0 saturated carbocycles. The minimum Gasteiger partial charge on any atom is -0.399 e. The third-order valence-corrected chi connectivity index (χ3v) is 1.21. The van der Waals surface area contributed by atoms with Crippen LogP contribution in [0.25, 0.3) is 0 Å². The van der Waals surface area contributed by atoms with Crippen molar-refractivity contribution in [2.24, 2.45) is 11.1 Å². The molecule has 0 fully saturated rings. The van der Waals surface area contributed by atoms with E-state index in [0.717, 1.165) is 0 Å². The van der Waals surface area contributed by atoms with Crippen molar-refractivity contribution < 1.29 is 4.84 Å². The van der Waals surface area contributed by atoms with Gasteiger partial charge < -0.3 is 4.84 Å². The molecule has 0 aromatic heterocycles. The van der Waals surface area contributed by atoms with Gasteiger partial charge in [-0.05, 0) is 0 Å². The summed E-state index contributed by atoms with van der Waals surface area (Å²) in [6, 6.07) is 0. The first-order valence-corrected chi connectivity index (χ1v) is 3.43. The van der Waals surface area contributed by atoms with Gasteiger partial charge in [0.15, 0.2) is 0 Å². The van der Waals surface area contributed by atoms with E-state index < -0.39 is 0 Å². The van der Waals surface area contributed by atoms with Gasteiger partial charge in [0.1, 0.15) is 12.8 Å². The predicted molar refractivity (Wildman–Crippen MR) is 44.3 cm³/mol. The quantitative estimate of drug-likeness (QED) is 0.460. The van der Waals surface area contributed by atoms with Crippen molar-refractivity contribution in [1.29, 1.82) is 0 Å². The molecular formula is C7H12ClNO. The van der Waals surface area contributed by atoms with E-state index in [1.54, 1.807) is 0 Å². The van der Waals surface area contributed by atoms with Gasteiger partial charge in [0.05, 0.1) is 5.03 Å². The minimum atomic E-state index is 0.255. The normalized spacial score (nSPS) is 11.9. The largest absolute Gasteiger partial charge is 0.399 e. The van der Waals surface area contributed by atoms with Gasteiger partial charge in [-0.2, -0.15) is 0 Å². The number of rotatable bonds is 3. The summed E-state index contributed by atoms with van der Waals surface area (Å²) in [6.07, 6.45) is 0. The molecule has 10 heavy (non-hydrogen) atoms. The van der Waals surface area contributed by atoms with Crippen LogP contribution in [0.4, 0.5) is 0 Å². The molecule has 2 nitrogen and oxygen atoms in total. The third-order valence-electron chi connectivity index (χ3n) is 1.01. The molecule has 0 rings (SSSR count). The van der Waals surface area contributed by atoms with Gasteiger partial charge >= 0.3 is 0 Å². The lowest BCUT2D eigenvalue weighted by atomic mass is 10.1. The smallest absolute Gasteiger partial charge is 0.106 e. The summed E-state index contributed by atoms with van der Waals surface area (Å²) in [5.74, 6) is 0.255. The lowest BCUT2D eigenvalue weighted by molar-refractivity contribution is 0.212. The fraction of sp³-hybridized carbons (Fsp3) is 0.571. The zero-order valence-electron chi connectivity index (χ0n) is 6.52. The lowest BCUT2D eigenvalue weighted by Crippen LogP contribution is -2.07. The maximum absolute atomic E-state index is 5.61. The van der Waals surface area contributed by atoms with Crippen LogP contribution in [0.15, 0.2) is 16.8 Å². The van der Waals surface area contributed by atoms with Gasteiger partial charge in [0, 0.05) is 5.92 Å². The second kappa shape index (κ2) is 4.34. The summed E-state index contributed by atoms with van der Waals surface area (Å²) in [4.78, 5) is 4.57. The van der Waals surface area contributed by atoms with Crippen LogP contribution in [-0.4, -0.2) is 12.8 Å². The van der Waals surface area contributed by atoms with Crippen molar-refractivity contribution in [2.45, 2.75) is 13.8 Å². The molecule has 0 aliphatic rings. The van der Waals surface area contributed by atoms with E-state index in [4.69, 9.17) is 11.6 Å². The third kappa shape index (κ3) is 2.87. The fourth-order valence-electron chi connectivity index (χ4n) is 0.567. The highest BCUT2D eigenvalue weighted by Gasteiger charge is 2.07. The van der Waals surface area contributed by atoms with Crippen molar-refractivity contribution in [3.8, 4) is 0 Å². The van der Waals surface area contributed by atoms with E-state index in [1.807, 2.05) is 13.8 Å². The van der Waals surface area contributed by atoms with Crippen molar-refractivity contribution in [2.75, 3.05) is 7.11 Å². The number of hydrogen-bond acceptors (Lipinski definition) is 2. The Bertz CT molecular complexity index is 152. The average Bonchev–Trinajstić information content (AvgIpc) is 1.81. The Morgan fingerprint density at radius 1 is 1.60 bits per heavy atom. The highest BCUT2D eigenvalue weighted by Crippen LogP contribution is 2.09. The summed E-state index contributed by atoms with van der Waals surface area (Å²) >= 11 is 5.61. The molecule has 0 spiro atoms.